The monoisotopic (exact) mass is 192 g/mol. The van der Waals surface area contributed by atoms with Gasteiger partial charge in [0.1, 0.15) is 0 Å². The number of rotatable bonds is 0. The maximum absolute atomic E-state index is 7.00. The Balaban J connectivity index is -0.00000000500. The van der Waals surface area contributed by atoms with Crippen LogP contribution in [0.3, 0.4) is 0 Å². The van der Waals surface area contributed by atoms with Crippen molar-refractivity contribution in [1.29, 1.82) is 0 Å². The Labute approximate surface area is 46.6 Å². The molecule has 0 radical (unpaired) electrons. The third kappa shape index (κ3) is 12.7. The molecule has 0 fully saturated rings. The van der Waals surface area contributed by atoms with E-state index >= 15 is 0 Å². The molecular formula is CH6Br2O. The first-order chi connectivity index (χ1) is 1.00. The van der Waals surface area contributed by atoms with Crippen molar-refractivity contribution >= 4 is 34.0 Å². The molecule has 4 heavy (non-hydrogen) atoms. The van der Waals surface area contributed by atoms with Crippen molar-refractivity contribution in [2.75, 3.05) is 7.11 Å². The predicted molar refractivity (Wildman–Crippen MR) is 28.8 cm³/mol. The van der Waals surface area contributed by atoms with Crippen LogP contribution in [0.4, 0.5) is 0 Å². The Bertz CT molecular complexity index is 6.00. The van der Waals surface area contributed by atoms with E-state index in [0.29, 0.717) is 0 Å². The van der Waals surface area contributed by atoms with Gasteiger partial charge in [-0.05, 0) is 0 Å². The first-order valence-corrected chi connectivity index (χ1v) is 0.447. The van der Waals surface area contributed by atoms with E-state index < -0.39 is 0 Å². The second kappa shape index (κ2) is 39.5. The van der Waals surface area contributed by atoms with Crippen molar-refractivity contribution in [2.24, 2.45) is 0 Å². The standard InChI is InChI=1S/CH4O.2BrH/c1-2;;/h2H,1H3;2*1H. The maximum atomic E-state index is 7.00. The van der Waals surface area contributed by atoms with Gasteiger partial charge >= 0.3 is 0 Å². The molecule has 0 saturated carbocycles. The fourth-order valence-electron chi connectivity index (χ4n) is 0. The highest BCUT2D eigenvalue weighted by Crippen LogP contribution is 0.847. The summed E-state index contributed by atoms with van der Waals surface area (Å²) in [4.78, 5) is 0. The van der Waals surface area contributed by atoms with E-state index in [1.165, 1.54) is 0 Å². The van der Waals surface area contributed by atoms with E-state index in [4.69, 9.17) is 5.11 Å². The molecule has 0 rings (SSSR count). The SMILES string of the molecule is Br.Br.CO. The van der Waals surface area contributed by atoms with Gasteiger partial charge in [0, 0.05) is 7.11 Å². The largest absolute Gasteiger partial charge is 0.400 e. The van der Waals surface area contributed by atoms with Crippen molar-refractivity contribution in [2.45, 2.75) is 0 Å². The van der Waals surface area contributed by atoms with Crippen LogP contribution in [0.2, 0.25) is 0 Å². The molecule has 0 spiro atoms. The summed E-state index contributed by atoms with van der Waals surface area (Å²) in [6.45, 7) is 0. The van der Waals surface area contributed by atoms with Crippen molar-refractivity contribution in [1.82, 2.24) is 0 Å². The van der Waals surface area contributed by atoms with Crippen LogP contribution in [0.5, 0.6) is 0 Å². The molecule has 0 aliphatic rings. The van der Waals surface area contributed by atoms with Gasteiger partial charge in [-0.1, -0.05) is 0 Å². The summed E-state index contributed by atoms with van der Waals surface area (Å²) in [6, 6.07) is 0. The molecule has 0 amide bonds. The molecule has 3 heteroatoms. The number of hydrogen-bond acceptors (Lipinski definition) is 1. The van der Waals surface area contributed by atoms with E-state index in [-0.39, 0.29) is 34.0 Å². The average Bonchev–Trinajstić information content (AvgIpc) is 1.00. The smallest absolute Gasteiger partial charge is 0.0319 e. The van der Waals surface area contributed by atoms with Crippen molar-refractivity contribution in [3.63, 3.8) is 0 Å². The van der Waals surface area contributed by atoms with Crippen molar-refractivity contribution in [3.05, 3.63) is 0 Å². The van der Waals surface area contributed by atoms with Crippen LogP contribution in [0, 0.1) is 0 Å². The quantitative estimate of drug-likeness (QED) is 0.603. The van der Waals surface area contributed by atoms with Gasteiger partial charge in [0.15, 0.2) is 0 Å². The molecule has 1 nitrogen and oxygen atoms in total. The molecule has 0 atom stereocenters. The third-order valence-electron chi connectivity index (χ3n) is 0. The maximum Gasteiger partial charge on any atom is 0.0319 e. The Kier molecular flexibility index (Phi) is 202. The Morgan fingerprint density at radius 3 is 1.00 bits per heavy atom. The summed E-state index contributed by atoms with van der Waals surface area (Å²) in [5.41, 5.74) is 0. The fourth-order valence-corrected chi connectivity index (χ4v) is 0. The van der Waals surface area contributed by atoms with Gasteiger partial charge in [-0.15, -0.1) is 34.0 Å². The van der Waals surface area contributed by atoms with Crippen LogP contribution in [0.25, 0.3) is 0 Å². The van der Waals surface area contributed by atoms with Gasteiger partial charge in [-0.25, -0.2) is 0 Å². The van der Waals surface area contributed by atoms with E-state index in [1.807, 2.05) is 0 Å². The fraction of sp³-hybridized carbons (Fsp3) is 1.00. The first-order valence-electron chi connectivity index (χ1n) is 0.447. The summed E-state index contributed by atoms with van der Waals surface area (Å²) >= 11 is 0. The van der Waals surface area contributed by atoms with Crippen molar-refractivity contribution < 1.29 is 5.11 Å². The van der Waals surface area contributed by atoms with Crippen LogP contribution < -0.4 is 0 Å². The number of aliphatic hydroxyl groups is 1. The van der Waals surface area contributed by atoms with Gasteiger partial charge in [0.2, 0.25) is 0 Å². The summed E-state index contributed by atoms with van der Waals surface area (Å²) in [7, 11) is 1.00. The van der Waals surface area contributed by atoms with Gasteiger partial charge in [-0.2, -0.15) is 0 Å². The molecule has 30 valence electrons. The van der Waals surface area contributed by atoms with Crippen LogP contribution in [-0.4, -0.2) is 12.2 Å². The van der Waals surface area contributed by atoms with Crippen LogP contribution >= 0.6 is 34.0 Å². The van der Waals surface area contributed by atoms with Gasteiger partial charge in [0.05, 0.1) is 0 Å². The highest BCUT2D eigenvalue weighted by molar-refractivity contribution is 8.93. The first kappa shape index (κ1) is 20.5. The van der Waals surface area contributed by atoms with Gasteiger partial charge in [-0.3, -0.25) is 0 Å². The zero-order valence-corrected chi connectivity index (χ0v) is 5.69. The lowest BCUT2D eigenvalue weighted by molar-refractivity contribution is 0.399. The predicted octanol–water partition coefficient (Wildman–Crippen LogP) is 0.764. The van der Waals surface area contributed by atoms with E-state index in [2.05, 4.69) is 0 Å². The molecular weight excluding hydrogens is 188 g/mol. The number of aliphatic hydroxyl groups excluding tert-OH is 1. The summed E-state index contributed by atoms with van der Waals surface area (Å²) in [5.74, 6) is 0. The Morgan fingerprint density at radius 2 is 1.00 bits per heavy atom. The normalized spacial score (nSPS) is 1.50. The number of hydrogen-bond donors (Lipinski definition) is 1. The van der Waals surface area contributed by atoms with E-state index in [9.17, 15) is 0 Å². The molecule has 0 saturated heterocycles. The number of halogens is 2. The Hall–Kier alpha value is 0.920. The van der Waals surface area contributed by atoms with Crippen molar-refractivity contribution in [3.8, 4) is 0 Å². The molecule has 0 aromatic carbocycles. The lowest BCUT2D eigenvalue weighted by Crippen LogP contribution is -1.25. The highest BCUT2D eigenvalue weighted by atomic mass is 79.9. The van der Waals surface area contributed by atoms with E-state index in [1.54, 1.807) is 0 Å². The highest BCUT2D eigenvalue weighted by Gasteiger charge is 0.839. The summed E-state index contributed by atoms with van der Waals surface area (Å²) in [5, 5.41) is 7.00. The van der Waals surface area contributed by atoms with Gasteiger partial charge in [0.25, 0.3) is 0 Å². The lowest BCUT2D eigenvalue weighted by Gasteiger charge is -1.21. The molecule has 0 aromatic heterocycles. The molecule has 0 unspecified atom stereocenters. The molecule has 0 aromatic rings. The van der Waals surface area contributed by atoms with Crippen LogP contribution in [0.1, 0.15) is 0 Å². The second-order valence-electron chi connectivity index (χ2n) is 0. The Morgan fingerprint density at radius 1 is 1.00 bits per heavy atom. The minimum absolute atomic E-state index is 0. The molecule has 0 bridgehead atoms. The zero-order chi connectivity index (χ0) is 2.00. The summed E-state index contributed by atoms with van der Waals surface area (Å²) < 4.78 is 0. The molecule has 0 aliphatic carbocycles. The third-order valence-corrected chi connectivity index (χ3v) is 0. The summed E-state index contributed by atoms with van der Waals surface area (Å²) in [6.07, 6.45) is 0. The molecule has 1 N–H and O–H groups in total. The van der Waals surface area contributed by atoms with Gasteiger partial charge < -0.3 is 5.11 Å². The average molecular weight is 194 g/mol. The second-order valence-corrected chi connectivity index (χ2v) is 0. The lowest BCUT2D eigenvalue weighted by atomic mass is 11.8. The van der Waals surface area contributed by atoms with Crippen LogP contribution in [0.15, 0.2) is 0 Å². The minimum atomic E-state index is 0. The molecule has 0 aliphatic heterocycles. The topological polar surface area (TPSA) is 20.2 Å². The minimum Gasteiger partial charge on any atom is -0.400 e. The van der Waals surface area contributed by atoms with Crippen LogP contribution in [-0.2, 0) is 0 Å². The molecule has 0 heterocycles. The van der Waals surface area contributed by atoms with E-state index in [0.717, 1.165) is 7.11 Å². The zero-order valence-electron chi connectivity index (χ0n) is 2.26.